The number of hydrogen-bond donors (Lipinski definition) is 0. The molecule has 0 unspecified atom stereocenters. The molecule has 0 spiro atoms. The summed E-state index contributed by atoms with van der Waals surface area (Å²) in [5.41, 5.74) is 0.771. The van der Waals surface area contributed by atoms with Gasteiger partial charge in [0, 0.05) is 23.9 Å². The van der Waals surface area contributed by atoms with Crippen LogP contribution in [-0.4, -0.2) is 33.1 Å². The summed E-state index contributed by atoms with van der Waals surface area (Å²) in [5, 5.41) is 1.54. The van der Waals surface area contributed by atoms with Crippen molar-refractivity contribution in [3.8, 4) is 0 Å². The van der Waals surface area contributed by atoms with Gasteiger partial charge in [-0.15, -0.1) is 11.3 Å². The topological polar surface area (TPSA) is 46.1 Å². The normalized spacial score (nSPS) is 12.3. The maximum Gasteiger partial charge on any atom is 0.235 e. The summed E-state index contributed by atoms with van der Waals surface area (Å²) in [4.78, 5) is 25.2. The molecule has 0 N–H and O–H groups in total. The standard InChI is InChI=1S/C19H20FN3OS2/c1-4-15-9-16-17(21-11-22-18(16)26-15)25-12(2)19(24)23(3)10-13-6-5-7-14(20)8-13/h5-9,11-12H,4,10H2,1-3H3/t12-/m1/s1. The fourth-order valence-corrected chi connectivity index (χ4v) is 4.67. The molecule has 0 aliphatic carbocycles. The second-order valence-corrected chi connectivity index (χ2v) is 8.49. The van der Waals surface area contributed by atoms with Crippen LogP contribution in [0.25, 0.3) is 10.2 Å². The van der Waals surface area contributed by atoms with Crippen molar-refractivity contribution in [2.75, 3.05) is 7.05 Å². The Morgan fingerprint density at radius 2 is 2.15 bits per heavy atom. The zero-order chi connectivity index (χ0) is 18.7. The molecule has 4 nitrogen and oxygen atoms in total. The van der Waals surface area contributed by atoms with E-state index in [9.17, 15) is 9.18 Å². The number of nitrogens with zero attached hydrogens (tertiary/aromatic N) is 3. The third-order valence-electron chi connectivity index (χ3n) is 4.01. The van der Waals surface area contributed by atoms with Gasteiger partial charge in [0.2, 0.25) is 5.91 Å². The molecule has 3 rings (SSSR count). The van der Waals surface area contributed by atoms with Crippen LogP contribution < -0.4 is 0 Å². The van der Waals surface area contributed by atoms with Gasteiger partial charge in [-0.2, -0.15) is 0 Å². The molecule has 2 heterocycles. The Bertz CT molecular complexity index is 928. The van der Waals surface area contributed by atoms with E-state index in [1.807, 2.05) is 13.0 Å². The lowest BCUT2D eigenvalue weighted by Crippen LogP contribution is -2.32. The Labute approximate surface area is 160 Å². The van der Waals surface area contributed by atoms with Crippen LogP contribution in [0.5, 0.6) is 0 Å². The number of fused-ring (bicyclic) bond motifs is 1. The summed E-state index contributed by atoms with van der Waals surface area (Å²) < 4.78 is 13.3. The molecule has 0 aliphatic heterocycles. The van der Waals surface area contributed by atoms with Gasteiger partial charge in [-0.1, -0.05) is 30.8 Å². The zero-order valence-corrected chi connectivity index (χ0v) is 16.5. The quantitative estimate of drug-likeness (QED) is 0.459. The molecule has 7 heteroatoms. The van der Waals surface area contributed by atoms with Crippen LogP contribution in [0.1, 0.15) is 24.3 Å². The number of halogens is 1. The summed E-state index contributed by atoms with van der Waals surface area (Å²) in [6.45, 7) is 4.35. The summed E-state index contributed by atoms with van der Waals surface area (Å²) >= 11 is 3.10. The molecule has 1 aromatic carbocycles. The third-order valence-corrected chi connectivity index (χ3v) is 6.30. The minimum absolute atomic E-state index is 0.0167. The van der Waals surface area contributed by atoms with E-state index in [-0.39, 0.29) is 17.0 Å². The van der Waals surface area contributed by atoms with Gasteiger partial charge in [-0.3, -0.25) is 4.79 Å². The van der Waals surface area contributed by atoms with Gasteiger partial charge in [0.15, 0.2) is 0 Å². The summed E-state index contributed by atoms with van der Waals surface area (Å²) in [6.07, 6.45) is 2.50. The average molecular weight is 390 g/mol. The highest BCUT2D eigenvalue weighted by molar-refractivity contribution is 8.00. The molecule has 1 amide bonds. The Kier molecular flexibility index (Phi) is 5.88. The van der Waals surface area contributed by atoms with Crippen molar-refractivity contribution in [2.45, 2.75) is 37.1 Å². The van der Waals surface area contributed by atoms with E-state index in [1.165, 1.54) is 28.8 Å². The molecule has 136 valence electrons. The number of thiophene rings is 1. The fraction of sp³-hybridized carbons (Fsp3) is 0.316. The van der Waals surface area contributed by atoms with Crippen LogP contribution >= 0.6 is 23.1 Å². The molecule has 3 aromatic rings. The number of carbonyl (C=O) groups excluding carboxylic acids is 1. The highest BCUT2D eigenvalue weighted by Gasteiger charge is 2.21. The lowest BCUT2D eigenvalue weighted by Gasteiger charge is -2.21. The monoisotopic (exact) mass is 389 g/mol. The van der Waals surface area contributed by atoms with E-state index in [1.54, 1.807) is 35.7 Å². The number of benzene rings is 1. The number of amides is 1. The van der Waals surface area contributed by atoms with Crippen LogP contribution in [0, 0.1) is 5.82 Å². The molecule has 1 atom stereocenters. The van der Waals surface area contributed by atoms with E-state index < -0.39 is 0 Å². The van der Waals surface area contributed by atoms with Crippen LogP contribution in [0.3, 0.4) is 0 Å². The maximum atomic E-state index is 13.3. The first kappa shape index (κ1) is 18.8. The summed E-state index contributed by atoms with van der Waals surface area (Å²) in [5.74, 6) is -0.310. The van der Waals surface area contributed by atoms with Crippen molar-refractivity contribution in [1.29, 1.82) is 0 Å². The molecular weight excluding hydrogens is 369 g/mol. The molecule has 0 bridgehead atoms. The van der Waals surface area contributed by atoms with Crippen LogP contribution in [-0.2, 0) is 17.8 Å². The predicted octanol–water partition coefficient (Wildman–Crippen LogP) is 4.53. The van der Waals surface area contributed by atoms with Crippen molar-refractivity contribution < 1.29 is 9.18 Å². The molecule has 0 fully saturated rings. The van der Waals surface area contributed by atoms with E-state index in [2.05, 4.69) is 23.0 Å². The molecule has 0 saturated carbocycles. The van der Waals surface area contributed by atoms with Crippen molar-refractivity contribution >= 4 is 39.2 Å². The first-order valence-corrected chi connectivity index (χ1v) is 10.1. The highest BCUT2D eigenvalue weighted by atomic mass is 32.2. The van der Waals surface area contributed by atoms with Crippen molar-refractivity contribution in [1.82, 2.24) is 14.9 Å². The highest BCUT2D eigenvalue weighted by Crippen LogP contribution is 2.33. The number of thioether (sulfide) groups is 1. The van der Waals surface area contributed by atoms with Crippen molar-refractivity contribution in [2.24, 2.45) is 0 Å². The van der Waals surface area contributed by atoms with Gasteiger partial charge in [-0.05, 0) is 37.1 Å². The Hall–Kier alpha value is -1.99. The average Bonchev–Trinajstić information content (AvgIpc) is 3.05. The smallest absolute Gasteiger partial charge is 0.235 e. The predicted molar refractivity (Wildman–Crippen MR) is 105 cm³/mol. The van der Waals surface area contributed by atoms with E-state index in [4.69, 9.17) is 0 Å². The van der Waals surface area contributed by atoms with E-state index in [0.29, 0.717) is 6.54 Å². The van der Waals surface area contributed by atoms with Gasteiger partial charge < -0.3 is 4.90 Å². The van der Waals surface area contributed by atoms with Crippen LogP contribution in [0.2, 0.25) is 0 Å². The summed E-state index contributed by atoms with van der Waals surface area (Å²) in [7, 11) is 1.74. The van der Waals surface area contributed by atoms with Crippen molar-refractivity contribution in [3.05, 3.63) is 52.9 Å². The number of aromatic nitrogens is 2. The third kappa shape index (κ3) is 4.22. The van der Waals surface area contributed by atoms with Gasteiger partial charge in [0.1, 0.15) is 22.0 Å². The first-order chi connectivity index (χ1) is 12.5. The maximum absolute atomic E-state index is 13.3. The molecule has 26 heavy (non-hydrogen) atoms. The van der Waals surface area contributed by atoms with Gasteiger partial charge in [0.05, 0.1) is 5.25 Å². The Morgan fingerprint density at radius 1 is 1.35 bits per heavy atom. The molecule has 2 aromatic heterocycles. The molecular formula is C19H20FN3OS2. The van der Waals surface area contributed by atoms with Gasteiger partial charge in [0.25, 0.3) is 0 Å². The summed E-state index contributed by atoms with van der Waals surface area (Å²) in [6, 6.07) is 8.43. The van der Waals surface area contributed by atoms with Crippen molar-refractivity contribution in [3.63, 3.8) is 0 Å². The van der Waals surface area contributed by atoms with Gasteiger partial charge >= 0.3 is 0 Å². The van der Waals surface area contributed by atoms with Gasteiger partial charge in [-0.25, -0.2) is 14.4 Å². The lowest BCUT2D eigenvalue weighted by atomic mass is 10.2. The Morgan fingerprint density at radius 3 is 2.88 bits per heavy atom. The number of aryl methyl sites for hydroxylation is 1. The van der Waals surface area contributed by atoms with E-state index >= 15 is 0 Å². The molecule has 0 saturated heterocycles. The minimum Gasteiger partial charge on any atom is -0.340 e. The fourth-order valence-electron chi connectivity index (χ4n) is 2.67. The first-order valence-electron chi connectivity index (χ1n) is 8.37. The number of rotatable bonds is 6. The second-order valence-electron chi connectivity index (χ2n) is 6.05. The largest absolute Gasteiger partial charge is 0.340 e. The van der Waals surface area contributed by atoms with Crippen LogP contribution in [0.4, 0.5) is 4.39 Å². The zero-order valence-electron chi connectivity index (χ0n) is 14.9. The minimum atomic E-state index is -0.295. The second kappa shape index (κ2) is 8.14. The lowest BCUT2D eigenvalue weighted by molar-refractivity contribution is -0.129. The molecule has 0 radical (unpaired) electrons. The molecule has 0 aliphatic rings. The Balaban J connectivity index is 1.72. The number of hydrogen-bond acceptors (Lipinski definition) is 5. The number of carbonyl (C=O) groups is 1. The SMILES string of the molecule is CCc1cc2c(S[C@H](C)C(=O)N(C)Cc3cccc(F)c3)ncnc2s1. The van der Waals surface area contributed by atoms with E-state index in [0.717, 1.165) is 27.2 Å². The van der Waals surface area contributed by atoms with Crippen LogP contribution in [0.15, 0.2) is 41.7 Å².